The molecule has 0 aromatic heterocycles. The van der Waals surface area contributed by atoms with Gasteiger partial charge in [-0.15, -0.1) is 0 Å². The molecule has 1 saturated carbocycles. The van der Waals surface area contributed by atoms with Crippen LogP contribution >= 0.6 is 0 Å². The van der Waals surface area contributed by atoms with Crippen molar-refractivity contribution in [3.8, 4) is 6.07 Å². The first-order chi connectivity index (χ1) is 14.2. The van der Waals surface area contributed by atoms with E-state index in [2.05, 4.69) is 15.9 Å². The number of aliphatic imine (C=N–C) groups is 1. The Kier molecular flexibility index (Phi) is 4.98. The summed E-state index contributed by atoms with van der Waals surface area (Å²) in [5.74, 6) is 0.886. The van der Waals surface area contributed by atoms with Crippen LogP contribution in [0.2, 0.25) is 0 Å². The topological polar surface area (TPSA) is 62.9 Å². The standard InChI is InChI=1S/C22H25N5OS/c23-16-17-4-5-19-15-21(7-6-18(19)14-17)29(28)27-9-8-24-22(27)26-12-10-25(11-13-26)20-2-1-3-20/h4-7,14-15,20H,1-3,8-13H2. The number of nitrogens with zero attached hydrogens (tertiary/aromatic N) is 5. The fourth-order valence-electron chi connectivity index (χ4n) is 4.40. The van der Waals surface area contributed by atoms with Crippen LogP contribution in [0.1, 0.15) is 24.8 Å². The zero-order valence-electron chi connectivity index (χ0n) is 16.5. The number of hydrogen-bond acceptors (Lipinski definition) is 5. The molecular weight excluding hydrogens is 382 g/mol. The number of piperazine rings is 1. The molecule has 1 aliphatic carbocycles. The summed E-state index contributed by atoms with van der Waals surface area (Å²) in [6.07, 6.45) is 4.05. The molecule has 2 aromatic carbocycles. The van der Waals surface area contributed by atoms with Crippen LogP contribution in [0.5, 0.6) is 0 Å². The highest BCUT2D eigenvalue weighted by molar-refractivity contribution is 7.83. The quantitative estimate of drug-likeness (QED) is 0.785. The van der Waals surface area contributed by atoms with Crippen molar-refractivity contribution in [2.24, 2.45) is 4.99 Å². The van der Waals surface area contributed by atoms with E-state index in [1.807, 2.05) is 34.6 Å². The SMILES string of the molecule is N#Cc1ccc2cc(S(=O)N3CCN=C3N3CCN(C4CCC4)CC3)ccc2c1. The molecule has 0 amide bonds. The number of hydrogen-bond donors (Lipinski definition) is 0. The lowest BCUT2D eigenvalue weighted by molar-refractivity contribution is 0.0834. The second-order valence-corrected chi connectivity index (χ2v) is 9.39. The molecule has 3 aliphatic rings. The first-order valence-electron chi connectivity index (χ1n) is 10.4. The maximum absolute atomic E-state index is 13.4. The molecule has 2 aromatic rings. The zero-order chi connectivity index (χ0) is 19.8. The van der Waals surface area contributed by atoms with Gasteiger partial charge in [-0.2, -0.15) is 5.26 Å². The van der Waals surface area contributed by atoms with Crippen LogP contribution in [0.25, 0.3) is 10.8 Å². The maximum atomic E-state index is 13.4. The highest BCUT2D eigenvalue weighted by Gasteiger charge is 2.33. The highest BCUT2D eigenvalue weighted by atomic mass is 32.2. The van der Waals surface area contributed by atoms with Crippen molar-refractivity contribution in [3.05, 3.63) is 42.0 Å². The van der Waals surface area contributed by atoms with Gasteiger partial charge in [-0.1, -0.05) is 18.6 Å². The van der Waals surface area contributed by atoms with Gasteiger partial charge >= 0.3 is 0 Å². The monoisotopic (exact) mass is 407 g/mol. The molecule has 0 spiro atoms. The fourth-order valence-corrected chi connectivity index (χ4v) is 5.64. The minimum atomic E-state index is -1.28. The summed E-state index contributed by atoms with van der Waals surface area (Å²) in [5, 5.41) is 11.1. The molecule has 150 valence electrons. The Morgan fingerprint density at radius 3 is 2.48 bits per heavy atom. The summed E-state index contributed by atoms with van der Waals surface area (Å²) in [5.41, 5.74) is 0.640. The molecular formula is C22H25N5OS. The number of guanidine groups is 1. The van der Waals surface area contributed by atoms with Crippen LogP contribution in [0.3, 0.4) is 0 Å². The molecule has 0 radical (unpaired) electrons. The average Bonchev–Trinajstić information content (AvgIpc) is 3.21. The van der Waals surface area contributed by atoms with Gasteiger partial charge in [0.2, 0.25) is 5.96 Å². The van der Waals surface area contributed by atoms with Crippen molar-refractivity contribution in [2.45, 2.75) is 30.2 Å². The van der Waals surface area contributed by atoms with E-state index in [0.717, 1.165) is 53.8 Å². The van der Waals surface area contributed by atoms with E-state index < -0.39 is 11.0 Å². The Balaban J connectivity index is 1.31. The summed E-state index contributed by atoms with van der Waals surface area (Å²) >= 11 is 0. The zero-order valence-corrected chi connectivity index (χ0v) is 17.3. The first kappa shape index (κ1) is 18.6. The van der Waals surface area contributed by atoms with Crippen molar-refractivity contribution < 1.29 is 4.21 Å². The Labute approximate surface area is 174 Å². The van der Waals surface area contributed by atoms with Crippen LogP contribution in [-0.2, 0) is 11.0 Å². The third-order valence-corrected chi connectivity index (χ3v) is 7.71. The van der Waals surface area contributed by atoms with E-state index in [4.69, 9.17) is 10.3 Å². The van der Waals surface area contributed by atoms with Gasteiger partial charge in [0.25, 0.3) is 0 Å². The molecule has 1 atom stereocenters. The van der Waals surface area contributed by atoms with Crippen LogP contribution in [0.15, 0.2) is 46.3 Å². The molecule has 6 nitrogen and oxygen atoms in total. The van der Waals surface area contributed by atoms with Gasteiger partial charge in [0.15, 0.2) is 11.0 Å². The van der Waals surface area contributed by atoms with Gasteiger partial charge in [-0.25, -0.2) is 4.21 Å². The molecule has 7 heteroatoms. The van der Waals surface area contributed by atoms with Crippen LogP contribution in [-0.4, -0.2) is 69.6 Å². The van der Waals surface area contributed by atoms with Gasteiger partial charge in [0, 0.05) is 32.2 Å². The number of benzene rings is 2. The third kappa shape index (κ3) is 3.52. The van der Waals surface area contributed by atoms with Crippen molar-refractivity contribution in [3.63, 3.8) is 0 Å². The number of rotatable bonds is 3. The van der Waals surface area contributed by atoms with Gasteiger partial charge in [0.1, 0.15) is 0 Å². The summed E-state index contributed by atoms with van der Waals surface area (Å²) in [6.45, 7) is 5.44. The van der Waals surface area contributed by atoms with Crippen molar-refractivity contribution in [2.75, 3.05) is 39.3 Å². The summed E-state index contributed by atoms with van der Waals surface area (Å²) in [7, 11) is -1.28. The molecule has 2 aliphatic heterocycles. The molecule has 1 saturated heterocycles. The molecule has 0 bridgehead atoms. The average molecular weight is 408 g/mol. The molecule has 2 fully saturated rings. The minimum Gasteiger partial charge on any atom is -0.339 e. The Morgan fingerprint density at radius 1 is 1.00 bits per heavy atom. The summed E-state index contributed by atoms with van der Waals surface area (Å²) in [4.78, 5) is 10.4. The predicted octanol–water partition coefficient (Wildman–Crippen LogP) is 2.58. The summed E-state index contributed by atoms with van der Waals surface area (Å²) in [6, 6.07) is 14.4. The number of fused-ring (bicyclic) bond motifs is 1. The summed E-state index contributed by atoms with van der Waals surface area (Å²) < 4.78 is 15.3. The smallest absolute Gasteiger partial charge is 0.209 e. The largest absolute Gasteiger partial charge is 0.339 e. The fraction of sp³-hybridized carbons (Fsp3) is 0.455. The molecule has 1 unspecified atom stereocenters. The molecule has 2 heterocycles. The van der Waals surface area contributed by atoms with E-state index in [1.54, 1.807) is 6.07 Å². The van der Waals surface area contributed by atoms with Gasteiger partial charge in [-0.05, 0) is 47.9 Å². The van der Waals surface area contributed by atoms with E-state index in [9.17, 15) is 4.21 Å². The van der Waals surface area contributed by atoms with E-state index in [-0.39, 0.29) is 0 Å². The van der Waals surface area contributed by atoms with E-state index in [0.29, 0.717) is 18.7 Å². The highest BCUT2D eigenvalue weighted by Crippen LogP contribution is 2.27. The van der Waals surface area contributed by atoms with E-state index >= 15 is 0 Å². The normalized spacial score (nSPS) is 21.7. The van der Waals surface area contributed by atoms with Gasteiger partial charge in [-0.3, -0.25) is 14.2 Å². The van der Waals surface area contributed by atoms with Crippen molar-refractivity contribution in [1.82, 2.24) is 14.1 Å². The lowest BCUT2D eigenvalue weighted by Crippen LogP contribution is -2.55. The second kappa shape index (κ2) is 7.77. The minimum absolute atomic E-state index is 0.640. The van der Waals surface area contributed by atoms with Crippen molar-refractivity contribution >= 4 is 27.7 Å². The Hall–Kier alpha value is -2.43. The molecule has 5 rings (SSSR count). The third-order valence-electron chi connectivity index (χ3n) is 6.31. The van der Waals surface area contributed by atoms with Gasteiger partial charge in [0.05, 0.1) is 29.6 Å². The lowest BCUT2D eigenvalue weighted by atomic mass is 9.91. The Bertz CT molecular complexity index is 1020. The molecule has 29 heavy (non-hydrogen) atoms. The lowest BCUT2D eigenvalue weighted by Gasteiger charge is -2.44. The second-order valence-electron chi connectivity index (χ2n) is 7.98. The van der Waals surface area contributed by atoms with Crippen LogP contribution < -0.4 is 0 Å². The number of nitriles is 1. The van der Waals surface area contributed by atoms with Gasteiger partial charge < -0.3 is 4.90 Å². The van der Waals surface area contributed by atoms with Crippen molar-refractivity contribution in [1.29, 1.82) is 5.26 Å². The molecule has 0 N–H and O–H groups in total. The predicted molar refractivity (Wildman–Crippen MR) is 115 cm³/mol. The first-order valence-corrected chi connectivity index (χ1v) is 11.5. The van der Waals surface area contributed by atoms with Crippen LogP contribution in [0, 0.1) is 11.3 Å². The van der Waals surface area contributed by atoms with Crippen LogP contribution in [0.4, 0.5) is 0 Å². The Morgan fingerprint density at radius 2 is 1.76 bits per heavy atom. The van der Waals surface area contributed by atoms with E-state index in [1.165, 1.54) is 19.3 Å². The maximum Gasteiger partial charge on any atom is 0.209 e.